The van der Waals surface area contributed by atoms with Gasteiger partial charge in [0.2, 0.25) is 0 Å². The summed E-state index contributed by atoms with van der Waals surface area (Å²) >= 11 is 13.5. The van der Waals surface area contributed by atoms with E-state index in [0.717, 1.165) is 52.6 Å². The molecule has 0 atom stereocenters. The van der Waals surface area contributed by atoms with Gasteiger partial charge < -0.3 is 4.74 Å². The van der Waals surface area contributed by atoms with Crippen LogP contribution in [0.2, 0.25) is 10.0 Å². The van der Waals surface area contributed by atoms with Crippen LogP contribution >= 0.6 is 34.5 Å². The number of halogens is 2. The minimum absolute atomic E-state index is 0.215. The fourth-order valence-electron chi connectivity index (χ4n) is 3.83. The molecule has 0 bridgehead atoms. The summed E-state index contributed by atoms with van der Waals surface area (Å²) in [4.78, 5) is 17.2. The van der Waals surface area contributed by atoms with Gasteiger partial charge in [0, 0.05) is 34.4 Å². The number of carbonyl (C=O) groups is 1. The SMILES string of the molecule is O=C(NN1CCC(c2nnc(COc3ccc(Cl)cc3)s2)CC1)c1ccc2cc(Cl)ccc2n1. The molecule has 0 spiro atoms. The van der Waals surface area contributed by atoms with Crippen LogP contribution in [0.15, 0.2) is 54.6 Å². The summed E-state index contributed by atoms with van der Waals surface area (Å²) in [6.07, 6.45) is 1.77. The summed E-state index contributed by atoms with van der Waals surface area (Å²) in [5.41, 5.74) is 4.09. The molecular weight excluding hydrogens is 493 g/mol. The van der Waals surface area contributed by atoms with Crippen LogP contribution in [0.25, 0.3) is 10.9 Å². The third kappa shape index (κ3) is 5.47. The van der Waals surface area contributed by atoms with Gasteiger partial charge in [0.15, 0.2) is 5.01 Å². The maximum absolute atomic E-state index is 12.7. The van der Waals surface area contributed by atoms with Crippen LogP contribution in [-0.4, -0.2) is 39.2 Å². The number of benzene rings is 2. The summed E-state index contributed by atoms with van der Waals surface area (Å²) in [5, 5.41) is 14.7. The van der Waals surface area contributed by atoms with E-state index in [9.17, 15) is 4.79 Å². The lowest BCUT2D eigenvalue weighted by molar-refractivity contribution is 0.0729. The topological polar surface area (TPSA) is 80.2 Å². The lowest BCUT2D eigenvalue weighted by Gasteiger charge is -2.30. The van der Waals surface area contributed by atoms with Gasteiger partial charge in [-0.1, -0.05) is 40.6 Å². The first-order valence-electron chi connectivity index (χ1n) is 10.9. The van der Waals surface area contributed by atoms with Crippen LogP contribution < -0.4 is 10.2 Å². The number of rotatable bonds is 6. The number of aromatic nitrogens is 3. The van der Waals surface area contributed by atoms with Gasteiger partial charge in [0.25, 0.3) is 5.91 Å². The van der Waals surface area contributed by atoms with Gasteiger partial charge in [-0.25, -0.2) is 9.99 Å². The monoisotopic (exact) mass is 513 g/mol. The number of carbonyl (C=O) groups excluding carboxylic acids is 1. The molecule has 34 heavy (non-hydrogen) atoms. The number of nitrogens with one attached hydrogen (secondary N) is 1. The Morgan fingerprint density at radius 1 is 1.03 bits per heavy atom. The molecule has 3 heterocycles. The second-order valence-electron chi connectivity index (χ2n) is 8.01. The van der Waals surface area contributed by atoms with Crippen molar-refractivity contribution in [2.45, 2.75) is 25.4 Å². The van der Waals surface area contributed by atoms with Crippen LogP contribution in [0.3, 0.4) is 0 Å². The number of hydrogen-bond donors (Lipinski definition) is 1. The third-order valence-electron chi connectivity index (χ3n) is 5.65. The molecule has 7 nitrogen and oxygen atoms in total. The zero-order valence-electron chi connectivity index (χ0n) is 18.1. The van der Waals surface area contributed by atoms with Gasteiger partial charge in [-0.15, -0.1) is 10.2 Å². The maximum atomic E-state index is 12.7. The van der Waals surface area contributed by atoms with Crippen molar-refractivity contribution >= 4 is 51.3 Å². The van der Waals surface area contributed by atoms with Crippen molar-refractivity contribution in [2.75, 3.05) is 13.1 Å². The molecule has 0 unspecified atom stereocenters. The first kappa shape index (κ1) is 23.0. The highest BCUT2D eigenvalue weighted by Gasteiger charge is 2.25. The molecule has 1 saturated heterocycles. The molecule has 4 aromatic rings. The molecule has 0 saturated carbocycles. The average Bonchev–Trinajstić information content (AvgIpc) is 3.33. The van der Waals surface area contributed by atoms with Crippen LogP contribution in [0.5, 0.6) is 5.75 Å². The second-order valence-corrected chi connectivity index (χ2v) is 9.98. The van der Waals surface area contributed by atoms with E-state index in [0.29, 0.717) is 28.3 Å². The van der Waals surface area contributed by atoms with E-state index in [1.54, 1.807) is 35.6 Å². The summed E-state index contributed by atoms with van der Waals surface area (Å²) in [7, 11) is 0. The van der Waals surface area contributed by atoms with Gasteiger partial charge in [-0.05, 0) is 61.4 Å². The van der Waals surface area contributed by atoms with E-state index in [2.05, 4.69) is 20.6 Å². The van der Waals surface area contributed by atoms with Crippen molar-refractivity contribution in [2.24, 2.45) is 0 Å². The molecule has 1 fully saturated rings. The van der Waals surface area contributed by atoms with Crippen molar-refractivity contribution in [3.05, 3.63) is 80.4 Å². The summed E-state index contributed by atoms with van der Waals surface area (Å²) in [5.74, 6) is 0.848. The van der Waals surface area contributed by atoms with Gasteiger partial charge in [0.1, 0.15) is 23.1 Å². The van der Waals surface area contributed by atoms with Gasteiger partial charge >= 0.3 is 0 Å². The zero-order valence-corrected chi connectivity index (χ0v) is 20.4. The number of hydrogen-bond acceptors (Lipinski definition) is 7. The summed E-state index contributed by atoms with van der Waals surface area (Å²) in [6.45, 7) is 1.84. The molecular formula is C24H21Cl2N5O2S. The molecule has 1 N–H and O–H groups in total. The normalized spacial score (nSPS) is 14.9. The van der Waals surface area contributed by atoms with Crippen molar-refractivity contribution in [1.29, 1.82) is 0 Å². The zero-order chi connectivity index (χ0) is 23.5. The van der Waals surface area contributed by atoms with E-state index in [1.165, 1.54) is 0 Å². The Kier molecular flexibility index (Phi) is 6.92. The van der Waals surface area contributed by atoms with Crippen LogP contribution in [0.4, 0.5) is 0 Å². The first-order valence-corrected chi connectivity index (χ1v) is 12.4. The van der Waals surface area contributed by atoms with E-state index < -0.39 is 0 Å². The van der Waals surface area contributed by atoms with Crippen LogP contribution in [-0.2, 0) is 6.61 Å². The van der Waals surface area contributed by atoms with Crippen molar-refractivity contribution < 1.29 is 9.53 Å². The highest BCUT2D eigenvalue weighted by molar-refractivity contribution is 7.11. The number of amides is 1. The largest absolute Gasteiger partial charge is 0.486 e. The third-order valence-corrected chi connectivity index (χ3v) is 7.19. The van der Waals surface area contributed by atoms with Crippen molar-refractivity contribution in [3.8, 4) is 5.75 Å². The Balaban J connectivity index is 1.13. The average molecular weight is 514 g/mol. The van der Waals surface area contributed by atoms with E-state index in [1.807, 2.05) is 35.3 Å². The van der Waals surface area contributed by atoms with E-state index >= 15 is 0 Å². The number of fused-ring (bicyclic) bond motifs is 1. The Morgan fingerprint density at radius 2 is 1.79 bits per heavy atom. The second kappa shape index (κ2) is 10.2. The molecule has 0 radical (unpaired) electrons. The number of hydrazine groups is 1. The van der Waals surface area contributed by atoms with E-state index in [-0.39, 0.29) is 5.91 Å². The fraction of sp³-hybridized carbons (Fsp3) is 0.250. The molecule has 10 heteroatoms. The van der Waals surface area contributed by atoms with Gasteiger partial charge in [0.05, 0.1) is 5.52 Å². The number of ether oxygens (including phenoxy) is 1. The molecule has 5 rings (SSSR count). The predicted octanol–water partition coefficient (Wildman–Crippen LogP) is 5.50. The lowest BCUT2D eigenvalue weighted by Crippen LogP contribution is -2.46. The number of pyridine rings is 1. The Hall–Kier alpha value is -2.78. The highest BCUT2D eigenvalue weighted by Crippen LogP contribution is 2.30. The smallest absolute Gasteiger partial charge is 0.284 e. The van der Waals surface area contributed by atoms with Crippen LogP contribution in [0, 0.1) is 0 Å². The lowest BCUT2D eigenvalue weighted by atomic mass is 9.99. The Labute approximate surface area is 210 Å². The minimum Gasteiger partial charge on any atom is -0.486 e. The molecule has 0 aliphatic carbocycles. The molecule has 1 aliphatic heterocycles. The molecule has 2 aromatic heterocycles. The minimum atomic E-state index is -0.215. The van der Waals surface area contributed by atoms with E-state index in [4.69, 9.17) is 27.9 Å². The number of piperidine rings is 1. The Morgan fingerprint density at radius 3 is 2.59 bits per heavy atom. The highest BCUT2D eigenvalue weighted by atomic mass is 35.5. The quantitative estimate of drug-likeness (QED) is 0.366. The Bertz CT molecular complexity index is 1310. The number of nitrogens with zero attached hydrogens (tertiary/aromatic N) is 4. The predicted molar refractivity (Wildman–Crippen MR) is 133 cm³/mol. The summed E-state index contributed by atoms with van der Waals surface area (Å²) < 4.78 is 5.76. The van der Waals surface area contributed by atoms with Crippen molar-refractivity contribution in [1.82, 2.24) is 25.6 Å². The standard InChI is InChI=1S/C24H21Cl2N5O2S/c25-17-2-5-19(6-3-17)33-14-22-28-29-24(34-22)15-9-11-31(12-10-15)30-23(32)21-7-1-16-13-18(26)4-8-20(16)27-21/h1-8,13,15H,9-12,14H2,(H,30,32). The van der Waals surface area contributed by atoms with Crippen LogP contribution in [0.1, 0.15) is 39.3 Å². The molecule has 1 amide bonds. The maximum Gasteiger partial charge on any atom is 0.284 e. The van der Waals surface area contributed by atoms with Gasteiger partial charge in [-0.3, -0.25) is 10.2 Å². The van der Waals surface area contributed by atoms with Crippen molar-refractivity contribution in [3.63, 3.8) is 0 Å². The molecule has 2 aromatic carbocycles. The summed E-state index contributed by atoms with van der Waals surface area (Å²) in [6, 6.07) is 16.2. The van der Waals surface area contributed by atoms with Gasteiger partial charge in [-0.2, -0.15) is 0 Å². The first-order chi connectivity index (χ1) is 16.5. The molecule has 174 valence electrons. The fourth-order valence-corrected chi connectivity index (χ4v) is 5.06. The molecule has 1 aliphatic rings.